The van der Waals surface area contributed by atoms with E-state index < -0.39 is 4.92 Å². The molecule has 0 aliphatic carbocycles. The highest BCUT2D eigenvalue weighted by Gasteiger charge is 2.14. The van der Waals surface area contributed by atoms with Gasteiger partial charge in [-0.1, -0.05) is 35.9 Å². The summed E-state index contributed by atoms with van der Waals surface area (Å²) in [5.74, 6) is 0.422. The van der Waals surface area contributed by atoms with Crippen molar-refractivity contribution in [3.05, 3.63) is 94.0 Å². The minimum Gasteiger partial charge on any atom is -0.484 e. The van der Waals surface area contributed by atoms with Crippen molar-refractivity contribution < 1.29 is 18.9 Å². The zero-order valence-electron chi connectivity index (χ0n) is 17.5. The number of hydrogen-bond donors (Lipinski definition) is 1. The number of benzene rings is 4. The van der Waals surface area contributed by atoms with Gasteiger partial charge in [-0.05, 0) is 47.9 Å². The predicted octanol–water partition coefficient (Wildman–Crippen LogP) is 6.23. The van der Waals surface area contributed by atoms with Gasteiger partial charge in [-0.2, -0.15) is 0 Å². The molecule has 1 amide bonds. The predicted molar refractivity (Wildman–Crippen MR) is 129 cm³/mol. The van der Waals surface area contributed by atoms with Crippen molar-refractivity contribution in [2.45, 2.75) is 0 Å². The lowest BCUT2D eigenvalue weighted by molar-refractivity contribution is -0.384. The standard InChI is InChI=1S/C25H16ClN3O5/c26-21-6-2-3-18-19(21)4-1-5-20(18)25-28-22-13-15(7-12-23(22)34-25)27-24(30)14-33-17-10-8-16(9-11-17)29(31)32/h1-13H,14H2,(H,27,30). The number of ether oxygens (including phenoxy) is 1. The van der Waals surface area contributed by atoms with Crippen molar-refractivity contribution >= 4 is 50.8 Å². The summed E-state index contributed by atoms with van der Waals surface area (Å²) in [4.78, 5) is 27.1. The average molecular weight is 474 g/mol. The van der Waals surface area contributed by atoms with Gasteiger partial charge in [-0.3, -0.25) is 14.9 Å². The summed E-state index contributed by atoms with van der Waals surface area (Å²) < 4.78 is 11.3. The SMILES string of the molecule is O=C(COc1ccc([N+](=O)[O-])cc1)Nc1ccc2oc(-c3cccc4c(Cl)cccc34)nc2c1. The van der Waals surface area contributed by atoms with Crippen LogP contribution in [-0.4, -0.2) is 22.4 Å². The molecule has 5 aromatic rings. The van der Waals surface area contributed by atoms with Crippen molar-refractivity contribution in [1.82, 2.24) is 4.98 Å². The topological polar surface area (TPSA) is 108 Å². The molecule has 0 aliphatic rings. The van der Waals surface area contributed by atoms with E-state index in [1.807, 2.05) is 36.4 Å². The van der Waals surface area contributed by atoms with Gasteiger partial charge >= 0.3 is 0 Å². The van der Waals surface area contributed by atoms with E-state index in [-0.39, 0.29) is 18.2 Å². The van der Waals surface area contributed by atoms with E-state index in [1.54, 1.807) is 18.2 Å². The number of anilines is 1. The zero-order chi connectivity index (χ0) is 23.7. The third kappa shape index (κ3) is 4.26. The van der Waals surface area contributed by atoms with E-state index in [0.717, 1.165) is 16.3 Å². The first-order valence-electron chi connectivity index (χ1n) is 10.2. The Morgan fingerprint density at radius 1 is 1.03 bits per heavy atom. The van der Waals surface area contributed by atoms with Gasteiger partial charge in [-0.15, -0.1) is 0 Å². The van der Waals surface area contributed by atoms with Gasteiger partial charge in [0, 0.05) is 33.8 Å². The van der Waals surface area contributed by atoms with Crippen molar-refractivity contribution in [3.8, 4) is 17.2 Å². The first kappa shape index (κ1) is 21.4. The van der Waals surface area contributed by atoms with E-state index in [0.29, 0.717) is 33.4 Å². The molecule has 0 saturated heterocycles. The highest BCUT2D eigenvalue weighted by molar-refractivity contribution is 6.35. The monoisotopic (exact) mass is 473 g/mol. The Balaban J connectivity index is 1.32. The van der Waals surface area contributed by atoms with Crippen LogP contribution in [0.1, 0.15) is 0 Å². The summed E-state index contributed by atoms with van der Waals surface area (Å²) in [6.07, 6.45) is 0. The number of nitro groups is 1. The van der Waals surface area contributed by atoms with Crippen LogP contribution in [0, 0.1) is 10.1 Å². The molecule has 8 nitrogen and oxygen atoms in total. The van der Waals surface area contributed by atoms with Gasteiger partial charge in [0.1, 0.15) is 11.3 Å². The molecule has 0 radical (unpaired) electrons. The van der Waals surface area contributed by atoms with Gasteiger partial charge in [-0.25, -0.2) is 4.98 Å². The Bertz CT molecular complexity index is 1550. The van der Waals surface area contributed by atoms with Gasteiger partial charge in [0.2, 0.25) is 5.89 Å². The number of fused-ring (bicyclic) bond motifs is 2. The Labute approximate surface area is 197 Å². The Kier molecular flexibility index (Phi) is 5.57. The largest absolute Gasteiger partial charge is 0.484 e. The number of carbonyl (C=O) groups is 1. The maximum Gasteiger partial charge on any atom is 0.269 e. The number of non-ortho nitro benzene ring substituents is 1. The maximum absolute atomic E-state index is 12.3. The number of nitrogens with one attached hydrogen (secondary N) is 1. The molecule has 9 heteroatoms. The molecule has 168 valence electrons. The fourth-order valence-electron chi connectivity index (χ4n) is 3.59. The second-order valence-corrected chi connectivity index (χ2v) is 7.84. The molecule has 34 heavy (non-hydrogen) atoms. The van der Waals surface area contributed by atoms with Crippen LogP contribution >= 0.6 is 11.6 Å². The van der Waals surface area contributed by atoms with Crippen molar-refractivity contribution in [1.29, 1.82) is 0 Å². The van der Waals surface area contributed by atoms with Gasteiger partial charge < -0.3 is 14.5 Å². The van der Waals surface area contributed by atoms with Crippen molar-refractivity contribution in [3.63, 3.8) is 0 Å². The Morgan fingerprint density at radius 3 is 2.59 bits per heavy atom. The number of amides is 1. The average Bonchev–Trinajstić information content (AvgIpc) is 3.26. The zero-order valence-corrected chi connectivity index (χ0v) is 18.3. The number of oxazole rings is 1. The van der Waals surface area contributed by atoms with Crippen molar-refractivity contribution in [2.75, 3.05) is 11.9 Å². The first-order valence-corrected chi connectivity index (χ1v) is 10.6. The summed E-state index contributed by atoms with van der Waals surface area (Å²) >= 11 is 6.32. The molecule has 0 atom stereocenters. The molecule has 1 heterocycles. The lowest BCUT2D eigenvalue weighted by Gasteiger charge is -2.07. The van der Waals surface area contributed by atoms with Crippen LogP contribution in [-0.2, 0) is 4.79 Å². The number of nitrogens with zero attached hydrogens (tertiary/aromatic N) is 2. The highest BCUT2D eigenvalue weighted by Crippen LogP contribution is 2.34. The van der Waals surface area contributed by atoms with Gasteiger partial charge in [0.25, 0.3) is 11.6 Å². The summed E-state index contributed by atoms with van der Waals surface area (Å²) in [5, 5.41) is 15.9. The minimum atomic E-state index is -0.503. The number of rotatable bonds is 6. The molecule has 5 rings (SSSR count). The molecule has 0 aliphatic heterocycles. The molecule has 4 aromatic carbocycles. The fraction of sp³-hybridized carbons (Fsp3) is 0.0400. The van der Waals surface area contributed by atoms with Crippen LogP contribution in [0.25, 0.3) is 33.3 Å². The van der Waals surface area contributed by atoms with Crippen LogP contribution in [0.5, 0.6) is 5.75 Å². The van der Waals surface area contributed by atoms with E-state index >= 15 is 0 Å². The van der Waals surface area contributed by atoms with Crippen LogP contribution < -0.4 is 10.1 Å². The molecule has 0 saturated carbocycles. The lowest BCUT2D eigenvalue weighted by atomic mass is 10.0. The third-order valence-electron chi connectivity index (χ3n) is 5.19. The summed E-state index contributed by atoms with van der Waals surface area (Å²) in [6, 6.07) is 22.1. The first-order chi connectivity index (χ1) is 16.5. The van der Waals surface area contributed by atoms with E-state index in [2.05, 4.69) is 10.3 Å². The van der Waals surface area contributed by atoms with Crippen LogP contribution in [0.2, 0.25) is 5.02 Å². The van der Waals surface area contributed by atoms with Gasteiger partial charge in [0.15, 0.2) is 12.2 Å². The molecule has 0 spiro atoms. The molecule has 0 fully saturated rings. The number of hydrogen-bond acceptors (Lipinski definition) is 6. The Hall–Kier alpha value is -4.43. The highest BCUT2D eigenvalue weighted by atomic mass is 35.5. The van der Waals surface area contributed by atoms with Crippen LogP contribution in [0.4, 0.5) is 11.4 Å². The van der Waals surface area contributed by atoms with E-state index in [9.17, 15) is 14.9 Å². The summed E-state index contributed by atoms with van der Waals surface area (Å²) in [7, 11) is 0. The summed E-state index contributed by atoms with van der Waals surface area (Å²) in [5.41, 5.74) is 2.46. The second kappa shape index (κ2) is 8.84. The molecule has 1 N–H and O–H groups in total. The Morgan fingerprint density at radius 2 is 1.79 bits per heavy atom. The normalized spacial score (nSPS) is 11.0. The van der Waals surface area contributed by atoms with Crippen LogP contribution in [0.3, 0.4) is 0 Å². The molecule has 1 aromatic heterocycles. The number of nitro benzene ring substituents is 1. The van der Waals surface area contributed by atoms with Crippen molar-refractivity contribution in [2.24, 2.45) is 0 Å². The van der Waals surface area contributed by atoms with E-state index in [4.69, 9.17) is 20.8 Å². The minimum absolute atomic E-state index is 0.0521. The number of halogens is 1. The fourth-order valence-corrected chi connectivity index (χ4v) is 3.83. The summed E-state index contributed by atoms with van der Waals surface area (Å²) in [6.45, 7) is -0.253. The molecular formula is C25H16ClN3O5. The molecule has 0 unspecified atom stereocenters. The smallest absolute Gasteiger partial charge is 0.269 e. The second-order valence-electron chi connectivity index (χ2n) is 7.43. The van der Waals surface area contributed by atoms with Crippen LogP contribution in [0.15, 0.2) is 83.3 Å². The lowest BCUT2D eigenvalue weighted by Crippen LogP contribution is -2.20. The quantitative estimate of drug-likeness (QED) is 0.231. The number of aromatic nitrogens is 1. The maximum atomic E-state index is 12.3. The number of carbonyl (C=O) groups excluding carboxylic acids is 1. The third-order valence-corrected chi connectivity index (χ3v) is 5.52. The molecule has 0 bridgehead atoms. The van der Waals surface area contributed by atoms with E-state index in [1.165, 1.54) is 24.3 Å². The van der Waals surface area contributed by atoms with Gasteiger partial charge in [0.05, 0.1) is 4.92 Å². The molecular weight excluding hydrogens is 458 g/mol.